The SMILES string of the molecule is CC(C)c1ccc(NS(=O)(=O)c2cccnc2)cc1. The molecule has 0 aliphatic carbocycles. The van der Waals surface area contributed by atoms with Gasteiger partial charge in [-0.1, -0.05) is 26.0 Å². The van der Waals surface area contributed by atoms with Gasteiger partial charge in [-0.15, -0.1) is 0 Å². The molecule has 0 spiro atoms. The summed E-state index contributed by atoms with van der Waals surface area (Å²) in [4.78, 5) is 3.97. The number of anilines is 1. The normalized spacial score (nSPS) is 11.5. The van der Waals surface area contributed by atoms with E-state index in [0.29, 0.717) is 11.6 Å². The molecule has 0 aliphatic heterocycles. The molecule has 1 heterocycles. The third-order valence-electron chi connectivity index (χ3n) is 2.77. The van der Waals surface area contributed by atoms with Crippen molar-refractivity contribution in [1.29, 1.82) is 0 Å². The number of nitrogens with zero attached hydrogens (tertiary/aromatic N) is 1. The van der Waals surface area contributed by atoms with Crippen molar-refractivity contribution in [3.63, 3.8) is 0 Å². The van der Waals surface area contributed by atoms with E-state index in [1.807, 2.05) is 12.1 Å². The minimum Gasteiger partial charge on any atom is -0.280 e. The van der Waals surface area contributed by atoms with Crippen LogP contribution in [0.1, 0.15) is 25.3 Å². The number of sulfonamides is 1. The van der Waals surface area contributed by atoms with E-state index in [1.165, 1.54) is 24.0 Å². The Balaban J connectivity index is 2.21. The number of aromatic nitrogens is 1. The molecule has 1 N–H and O–H groups in total. The van der Waals surface area contributed by atoms with Crippen molar-refractivity contribution < 1.29 is 8.42 Å². The maximum absolute atomic E-state index is 12.1. The lowest BCUT2D eigenvalue weighted by molar-refractivity contribution is 0.601. The van der Waals surface area contributed by atoms with Crippen LogP contribution in [0, 0.1) is 0 Å². The van der Waals surface area contributed by atoms with Crippen molar-refractivity contribution in [2.45, 2.75) is 24.7 Å². The van der Waals surface area contributed by atoms with E-state index >= 15 is 0 Å². The van der Waals surface area contributed by atoms with Crippen LogP contribution in [0.15, 0.2) is 53.7 Å². The first-order valence-corrected chi connectivity index (χ1v) is 7.50. The van der Waals surface area contributed by atoms with Crippen molar-refractivity contribution >= 4 is 15.7 Å². The molecule has 100 valence electrons. The second-order valence-electron chi connectivity index (χ2n) is 4.57. The molecular weight excluding hydrogens is 260 g/mol. The molecule has 5 heteroatoms. The lowest BCUT2D eigenvalue weighted by Gasteiger charge is -2.09. The molecule has 0 aliphatic rings. The molecular formula is C14H16N2O2S. The highest BCUT2D eigenvalue weighted by Crippen LogP contribution is 2.19. The van der Waals surface area contributed by atoms with Gasteiger partial charge in [0.05, 0.1) is 0 Å². The van der Waals surface area contributed by atoms with Gasteiger partial charge in [0.15, 0.2) is 0 Å². The second-order valence-corrected chi connectivity index (χ2v) is 6.25. The number of hydrogen-bond donors (Lipinski definition) is 1. The first-order chi connectivity index (χ1) is 8.99. The fraction of sp³-hybridized carbons (Fsp3) is 0.214. The van der Waals surface area contributed by atoms with E-state index in [0.717, 1.165) is 0 Å². The molecule has 2 rings (SSSR count). The second kappa shape index (κ2) is 5.40. The fourth-order valence-corrected chi connectivity index (χ4v) is 2.68. The molecule has 0 saturated carbocycles. The largest absolute Gasteiger partial charge is 0.280 e. The molecule has 1 aromatic heterocycles. The monoisotopic (exact) mass is 276 g/mol. The smallest absolute Gasteiger partial charge is 0.263 e. The Morgan fingerprint density at radius 1 is 1.11 bits per heavy atom. The molecule has 0 bridgehead atoms. The Kier molecular flexibility index (Phi) is 3.85. The highest BCUT2D eigenvalue weighted by atomic mass is 32.2. The van der Waals surface area contributed by atoms with E-state index in [-0.39, 0.29) is 4.90 Å². The minimum absolute atomic E-state index is 0.155. The molecule has 0 radical (unpaired) electrons. The standard InChI is InChI=1S/C14H16N2O2S/c1-11(2)12-5-7-13(8-6-12)16-19(17,18)14-4-3-9-15-10-14/h3-11,16H,1-2H3. The Hall–Kier alpha value is -1.88. The lowest BCUT2D eigenvalue weighted by atomic mass is 10.0. The maximum atomic E-state index is 12.1. The molecule has 0 saturated heterocycles. The third kappa shape index (κ3) is 3.32. The summed E-state index contributed by atoms with van der Waals surface area (Å²) in [5.41, 5.74) is 1.72. The highest BCUT2D eigenvalue weighted by Gasteiger charge is 2.13. The zero-order valence-corrected chi connectivity index (χ0v) is 11.7. The Morgan fingerprint density at radius 2 is 1.79 bits per heavy atom. The van der Waals surface area contributed by atoms with Crippen LogP contribution >= 0.6 is 0 Å². The summed E-state index contributed by atoms with van der Waals surface area (Å²) < 4.78 is 26.7. The van der Waals surface area contributed by atoms with Crippen molar-refractivity contribution in [2.24, 2.45) is 0 Å². The zero-order valence-electron chi connectivity index (χ0n) is 10.9. The van der Waals surface area contributed by atoms with Crippen molar-refractivity contribution in [1.82, 2.24) is 4.98 Å². The molecule has 1 aromatic carbocycles. The summed E-state index contributed by atoms with van der Waals surface area (Å²) >= 11 is 0. The van der Waals surface area contributed by atoms with E-state index in [9.17, 15) is 8.42 Å². The van der Waals surface area contributed by atoms with Gasteiger partial charge in [-0.25, -0.2) is 8.42 Å². The maximum Gasteiger partial charge on any atom is 0.263 e. The average molecular weight is 276 g/mol. The van der Waals surface area contributed by atoms with Crippen LogP contribution in [0.4, 0.5) is 5.69 Å². The average Bonchev–Trinajstić information content (AvgIpc) is 2.40. The zero-order chi connectivity index (χ0) is 13.9. The van der Waals surface area contributed by atoms with Gasteiger partial charge in [-0.3, -0.25) is 9.71 Å². The number of benzene rings is 1. The summed E-state index contributed by atoms with van der Waals surface area (Å²) in [6.07, 6.45) is 2.86. The molecule has 2 aromatic rings. The van der Waals surface area contributed by atoms with Crippen LogP contribution in [0.25, 0.3) is 0 Å². The van der Waals surface area contributed by atoms with Crippen LogP contribution < -0.4 is 4.72 Å². The van der Waals surface area contributed by atoms with Gasteiger partial charge in [-0.2, -0.15) is 0 Å². The summed E-state index contributed by atoms with van der Waals surface area (Å²) in [7, 11) is -3.56. The number of hydrogen-bond acceptors (Lipinski definition) is 3. The molecule has 19 heavy (non-hydrogen) atoms. The van der Waals surface area contributed by atoms with Crippen molar-refractivity contribution in [3.05, 3.63) is 54.4 Å². The van der Waals surface area contributed by atoms with Crippen LogP contribution in [0.5, 0.6) is 0 Å². The van der Waals surface area contributed by atoms with Crippen LogP contribution in [0.2, 0.25) is 0 Å². The molecule has 0 atom stereocenters. The molecule has 0 fully saturated rings. The topological polar surface area (TPSA) is 59.1 Å². The summed E-state index contributed by atoms with van der Waals surface area (Å²) in [6.45, 7) is 4.18. The van der Waals surface area contributed by atoms with E-state index in [1.54, 1.807) is 18.2 Å². The Labute approximate surface area is 113 Å². The van der Waals surface area contributed by atoms with Gasteiger partial charge in [0.1, 0.15) is 4.90 Å². The van der Waals surface area contributed by atoms with Crippen molar-refractivity contribution in [2.75, 3.05) is 4.72 Å². The highest BCUT2D eigenvalue weighted by molar-refractivity contribution is 7.92. The van der Waals surface area contributed by atoms with Crippen molar-refractivity contribution in [3.8, 4) is 0 Å². The quantitative estimate of drug-likeness (QED) is 0.933. The number of nitrogens with one attached hydrogen (secondary N) is 1. The van der Waals surface area contributed by atoms with Gasteiger partial charge < -0.3 is 0 Å². The summed E-state index contributed by atoms with van der Waals surface area (Å²) in [5.74, 6) is 0.420. The van der Waals surface area contributed by atoms with E-state index < -0.39 is 10.0 Å². The Bertz CT molecular complexity index is 635. The predicted octanol–water partition coefficient (Wildman–Crippen LogP) is 3.01. The van der Waals surface area contributed by atoms with Gasteiger partial charge in [0, 0.05) is 18.1 Å². The lowest BCUT2D eigenvalue weighted by Crippen LogP contribution is -2.13. The molecule has 0 amide bonds. The van der Waals surface area contributed by atoms with E-state index in [2.05, 4.69) is 23.6 Å². The molecule has 4 nitrogen and oxygen atoms in total. The third-order valence-corrected chi connectivity index (χ3v) is 4.14. The number of rotatable bonds is 4. The minimum atomic E-state index is -3.56. The van der Waals surface area contributed by atoms with E-state index in [4.69, 9.17) is 0 Å². The number of pyridine rings is 1. The summed E-state index contributed by atoms with van der Waals surface area (Å²) in [6, 6.07) is 10.5. The van der Waals surface area contributed by atoms with Crippen LogP contribution in [0.3, 0.4) is 0 Å². The van der Waals surface area contributed by atoms with Gasteiger partial charge in [0.2, 0.25) is 0 Å². The van der Waals surface area contributed by atoms with Crippen LogP contribution in [-0.4, -0.2) is 13.4 Å². The first kappa shape index (κ1) is 13.5. The van der Waals surface area contributed by atoms with Gasteiger partial charge in [0.25, 0.3) is 10.0 Å². The fourth-order valence-electron chi connectivity index (χ4n) is 1.66. The predicted molar refractivity (Wildman–Crippen MR) is 75.6 cm³/mol. The van der Waals surface area contributed by atoms with Crippen LogP contribution in [-0.2, 0) is 10.0 Å². The molecule has 0 unspecified atom stereocenters. The Morgan fingerprint density at radius 3 is 2.32 bits per heavy atom. The van der Waals surface area contributed by atoms with Gasteiger partial charge >= 0.3 is 0 Å². The van der Waals surface area contributed by atoms with Gasteiger partial charge in [-0.05, 0) is 35.7 Å². The first-order valence-electron chi connectivity index (χ1n) is 6.02. The summed E-state index contributed by atoms with van der Waals surface area (Å²) in [5, 5.41) is 0.